The highest BCUT2D eigenvalue weighted by molar-refractivity contribution is 5.79. The van der Waals surface area contributed by atoms with Gasteiger partial charge in [0.05, 0.1) is 12.8 Å². The molecule has 122 valence electrons. The van der Waals surface area contributed by atoms with E-state index in [1.54, 1.807) is 7.11 Å². The van der Waals surface area contributed by atoms with Crippen molar-refractivity contribution in [1.82, 2.24) is 9.78 Å². The van der Waals surface area contributed by atoms with Gasteiger partial charge >= 0.3 is 6.03 Å². The third-order valence-electron chi connectivity index (χ3n) is 4.23. The highest BCUT2D eigenvalue weighted by atomic mass is 16.5. The number of nitrogens with two attached hydrogens (primary N) is 1. The van der Waals surface area contributed by atoms with Crippen LogP contribution in [0.2, 0.25) is 0 Å². The van der Waals surface area contributed by atoms with Gasteiger partial charge in [-0.15, -0.1) is 0 Å². The van der Waals surface area contributed by atoms with Gasteiger partial charge in [-0.05, 0) is 49.8 Å². The molecule has 23 heavy (non-hydrogen) atoms. The molecule has 0 atom stereocenters. The fraction of sp³-hybridized carbons (Fsp3) is 0.412. The van der Waals surface area contributed by atoms with Crippen LogP contribution in [0.5, 0.6) is 5.75 Å². The molecule has 1 aromatic carbocycles. The Hall–Kier alpha value is -2.50. The second-order valence-electron chi connectivity index (χ2n) is 5.76. The average molecular weight is 314 g/mol. The predicted molar refractivity (Wildman–Crippen MR) is 89.0 cm³/mol. The van der Waals surface area contributed by atoms with Crippen molar-refractivity contribution < 1.29 is 9.53 Å². The number of ether oxygens (including phenoxy) is 1. The molecule has 0 radical (unpaired) electrons. The molecule has 1 aromatic heterocycles. The number of carbonyl (C=O) groups is 1. The summed E-state index contributed by atoms with van der Waals surface area (Å²) in [5.74, 6) is 1.63. The lowest BCUT2D eigenvalue weighted by Gasteiger charge is -2.05. The number of hydrogen-bond acceptors (Lipinski definition) is 4. The van der Waals surface area contributed by atoms with Gasteiger partial charge in [0.2, 0.25) is 0 Å². The minimum absolute atomic E-state index is 0.536. The van der Waals surface area contributed by atoms with Crippen LogP contribution >= 0.6 is 0 Å². The van der Waals surface area contributed by atoms with Crippen LogP contribution in [-0.4, -0.2) is 29.5 Å². The molecule has 0 aliphatic carbocycles. The van der Waals surface area contributed by atoms with Gasteiger partial charge in [-0.25, -0.2) is 4.79 Å². The summed E-state index contributed by atoms with van der Waals surface area (Å²) in [6.45, 7) is 0.851. The average Bonchev–Trinajstić information content (AvgIpc) is 2.74. The molecule has 2 aromatic rings. The molecule has 0 bridgehead atoms. The van der Waals surface area contributed by atoms with Crippen molar-refractivity contribution in [3.8, 4) is 5.75 Å². The molecule has 0 fully saturated rings. The minimum Gasteiger partial charge on any atom is -0.497 e. The molecular weight excluding hydrogens is 292 g/mol. The van der Waals surface area contributed by atoms with Gasteiger partial charge in [0.25, 0.3) is 0 Å². The fourth-order valence-corrected chi connectivity index (χ4v) is 2.99. The van der Waals surface area contributed by atoms with Crippen LogP contribution < -0.4 is 15.8 Å². The zero-order chi connectivity index (χ0) is 16.2. The van der Waals surface area contributed by atoms with Crippen molar-refractivity contribution in [2.75, 3.05) is 19.0 Å². The monoisotopic (exact) mass is 314 g/mol. The zero-order valence-electron chi connectivity index (χ0n) is 13.3. The first-order valence-electron chi connectivity index (χ1n) is 7.96. The Morgan fingerprint density at radius 2 is 2.09 bits per heavy atom. The van der Waals surface area contributed by atoms with E-state index in [4.69, 9.17) is 10.5 Å². The molecule has 0 spiro atoms. The summed E-state index contributed by atoms with van der Waals surface area (Å²) in [5, 5.41) is 7.73. The number of methoxy groups -OCH3 is 1. The maximum Gasteiger partial charge on any atom is 0.341 e. The first-order valence-corrected chi connectivity index (χ1v) is 7.96. The molecule has 1 aliphatic rings. The molecule has 0 unspecified atom stereocenters. The Kier molecular flexibility index (Phi) is 4.50. The summed E-state index contributed by atoms with van der Waals surface area (Å²) < 4.78 is 6.48. The highest BCUT2D eigenvalue weighted by Crippen LogP contribution is 2.26. The summed E-state index contributed by atoms with van der Waals surface area (Å²) in [6, 6.07) is 7.49. The SMILES string of the molecule is COc1ccc(CCc2nn(C(N)=O)c3c2CCCCN3)cc1. The number of rotatable bonds is 4. The summed E-state index contributed by atoms with van der Waals surface area (Å²) in [4.78, 5) is 11.6. The lowest BCUT2D eigenvalue weighted by molar-refractivity contribution is 0.248. The van der Waals surface area contributed by atoms with E-state index in [1.165, 1.54) is 10.2 Å². The van der Waals surface area contributed by atoms with Crippen molar-refractivity contribution in [1.29, 1.82) is 0 Å². The van der Waals surface area contributed by atoms with E-state index >= 15 is 0 Å². The first kappa shape index (κ1) is 15.4. The van der Waals surface area contributed by atoms with Crippen LogP contribution in [0.1, 0.15) is 29.7 Å². The standard InChI is InChI=1S/C17H22N4O2/c1-23-13-8-5-12(6-9-13)7-10-15-14-4-2-3-11-19-16(14)21(20-15)17(18)22/h5-6,8-9,19H,2-4,7,10-11H2,1H3,(H2,18,22). The quantitative estimate of drug-likeness (QED) is 0.907. The molecular formula is C17H22N4O2. The van der Waals surface area contributed by atoms with Gasteiger partial charge in [-0.3, -0.25) is 0 Å². The van der Waals surface area contributed by atoms with Gasteiger partial charge in [0, 0.05) is 12.1 Å². The lowest BCUT2D eigenvalue weighted by atomic mass is 10.0. The molecule has 3 rings (SSSR count). The predicted octanol–water partition coefficient (Wildman–Crippen LogP) is 2.35. The molecule has 3 N–H and O–H groups in total. The van der Waals surface area contributed by atoms with Gasteiger partial charge in [-0.2, -0.15) is 9.78 Å². The summed E-state index contributed by atoms with van der Waals surface area (Å²) >= 11 is 0. The molecule has 0 saturated carbocycles. The van der Waals surface area contributed by atoms with Crippen molar-refractivity contribution >= 4 is 11.8 Å². The van der Waals surface area contributed by atoms with Crippen LogP contribution in [-0.2, 0) is 19.3 Å². The number of hydrogen-bond donors (Lipinski definition) is 2. The first-order chi connectivity index (χ1) is 11.2. The molecule has 6 nitrogen and oxygen atoms in total. The van der Waals surface area contributed by atoms with Crippen molar-refractivity contribution in [3.05, 3.63) is 41.1 Å². The van der Waals surface area contributed by atoms with Crippen LogP contribution in [0.4, 0.5) is 10.6 Å². The number of primary amides is 1. The third-order valence-corrected chi connectivity index (χ3v) is 4.23. The zero-order valence-corrected chi connectivity index (χ0v) is 13.3. The molecule has 2 heterocycles. The summed E-state index contributed by atoms with van der Waals surface area (Å²) in [6.07, 6.45) is 4.78. The summed E-state index contributed by atoms with van der Waals surface area (Å²) in [5.41, 5.74) is 8.76. The maximum absolute atomic E-state index is 11.6. The number of amides is 1. The van der Waals surface area contributed by atoms with Crippen LogP contribution in [0.25, 0.3) is 0 Å². The smallest absolute Gasteiger partial charge is 0.341 e. The van der Waals surface area contributed by atoms with Gasteiger partial charge < -0.3 is 15.8 Å². The Morgan fingerprint density at radius 1 is 1.30 bits per heavy atom. The molecule has 1 amide bonds. The molecule has 6 heteroatoms. The number of anilines is 1. The minimum atomic E-state index is -0.536. The number of nitrogens with one attached hydrogen (secondary N) is 1. The number of aryl methyl sites for hydroxylation is 2. The second-order valence-corrected chi connectivity index (χ2v) is 5.76. The Balaban J connectivity index is 1.80. The molecule has 1 aliphatic heterocycles. The number of benzene rings is 1. The Labute approximate surface area is 135 Å². The van der Waals surface area contributed by atoms with E-state index in [9.17, 15) is 4.79 Å². The fourth-order valence-electron chi connectivity index (χ4n) is 2.99. The van der Waals surface area contributed by atoms with Gasteiger partial charge in [-0.1, -0.05) is 12.1 Å². The van der Waals surface area contributed by atoms with E-state index in [2.05, 4.69) is 22.5 Å². The Bertz CT molecular complexity index is 691. The third kappa shape index (κ3) is 3.31. The second kappa shape index (κ2) is 6.73. The highest BCUT2D eigenvalue weighted by Gasteiger charge is 2.21. The topological polar surface area (TPSA) is 82.2 Å². The Morgan fingerprint density at radius 3 is 2.78 bits per heavy atom. The van der Waals surface area contributed by atoms with E-state index in [0.717, 1.165) is 61.5 Å². The van der Waals surface area contributed by atoms with Crippen LogP contribution in [0.15, 0.2) is 24.3 Å². The van der Waals surface area contributed by atoms with Gasteiger partial charge in [0.15, 0.2) is 0 Å². The van der Waals surface area contributed by atoms with E-state index in [-0.39, 0.29) is 0 Å². The molecule has 0 saturated heterocycles. The number of fused-ring (bicyclic) bond motifs is 1. The van der Waals surface area contributed by atoms with Crippen molar-refractivity contribution in [2.45, 2.75) is 32.1 Å². The lowest BCUT2D eigenvalue weighted by Crippen LogP contribution is -2.23. The number of carbonyl (C=O) groups excluding carboxylic acids is 1. The maximum atomic E-state index is 11.6. The van der Waals surface area contributed by atoms with Gasteiger partial charge in [0.1, 0.15) is 11.6 Å². The number of nitrogens with zero attached hydrogens (tertiary/aromatic N) is 2. The van der Waals surface area contributed by atoms with E-state index in [0.29, 0.717) is 0 Å². The van der Waals surface area contributed by atoms with Crippen LogP contribution in [0.3, 0.4) is 0 Å². The van der Waals surface area contributed by atoms with E-state index in [1.807, 2.05) is 12.1 Å². The number of aromatic nitrogens is 2. The summed E-state index contributed by atoms with van der Waals surface area (Å²) in [7, 11) is 1.66. The van der Waals surface area contributed by atoms with Crippen molar-refractivity contribution in [3.63, 3.8) is 0 Å². The van der Waals surface area contributed by atoms with E-state index < -0.39 is 6.03 Å². The largest absolute Gasteiger partial charge is 0.497 e. The van der Waals surface area contributed by atoms with Crippen LogP contribution in [0, 0.1) is 0 Å². The normalized spacial score (nSPS) is 13.8. The van der Waals surface area contributed by atoms with Crippen molar-refractivity contribution in [2.24, 2.45) is 5.73 Å².